The molecule has 0 aliphatic heterocycles. The molecule has 1 amide bonds. The van der Waals surface area contributed by atoms with Crippen LogP contribution in [0.5, 0.6) is 0 Å². The molecule has 0 atom stereocenters. The van der Waals surface area contributed by atoms with Gasteiger partial charge in [-0.3, -0.25) is 4.79 Å². The van der Waals surface area contributed by atoms with Crippen molar-refractivity contribution in [3.63, 3.8) is 0 Å². The Balaban J connectivity index is 1.92. The summed E-state index contributed by atoms with van der Waals surface area (Å²) < 4.78 is 27.0. The maximum atomic E-state index is 12.4. The van der Waals surface area contributed by atoms with Crippen LogP contribution in [0.25, 0.3) is 0 Å². The predicted octanol–water partition coefficient (Wildman–Crippen LogP) is 3.78. The molecule has 0 aliphatic carbocycles. The van der Waals surface area contributed by atoms with E-state index in [1.165, 1.54) is 23.8 Å². The van der Waals surface area contributed by atoms with E-state index >= 15 is 0 Å². The van der Waals surface area contributed by atoms with E-state index in [4.69, 9.17) is 11.6 Å². The van der Waals surface area contributed by atoms with Gasteiger partial charge in [-0.25, -0.2) is 13.1 Å². The van der Waals surface area contributed by atoms with Gasteiger partial charge in [-0.15, -0.1) is 0 Å². The van der Waals surface area contributed by atoms with Crippen LogP contribution in [0.1, 0.15) is 42.6 Å². The molecular weight excluding hydrogens is 384 g/mol. The monoisotopic (exact) mass is 408 g/mol. The van der Waals surface area contributed by atoms with Crippen molar-refractivity contribution in [1.29, 1.82) is 0 Å². The molecule has 0 saturated carbocycles. The number of halogens is 1. The van der Waals surface area contributed by atoms with E-state index in [1.807, 2.05) is 18.2 Å². The third-order valence-corrected chi connectivity index (χ3v) is 5.89. The molecule has 2 N–H and O–H groups in total. The number of unbranched alkanes of at least 4 members (excludes halogenated alkanes) is 1. The maximum absolute atomic E-state index is 12.4. The molecule has 146 valence electrons. The minimum Gasteiger partial charge on any atom is -0.352 e. The zero-order chi connectivity index (χ0) is 19.9. The lowest BCUT2D eigenvalue weighted by molar-refractivity contribution is 0.0953. The van der Waals surface area contributed by atoms with Gasteiger partial charge in [0, 0.05) is 12.6 Å². The molecule has 2 rings (SSSR count). The second-order valence-corrected chi connectivity index (χ2v) is 8.74. The highest BCUT2D eigenvalue weighted by Gasteiger charge is 2.19. The standard InChI is InChI=1S/C20H25ClN2O3S/c1-15(2)23-27(25,26)17-11-12-19(21)18(14-17)20(24)22-13-7-6-10-16-8-4-3-5-9-16/h3-5,8-9,11-12,14-15,23H,6-7,10,13H2,1-2H3,(H,22,24). The number of carbonyl (C=O) groups excluding carboxylic acids is 1. The van der Waals surface area contributed by atoms with Gasteiger partial charge >= 0.3 is 0 Å². The van der Waals surface area contributed by atoms with Crippen molar-refractivity contribution in [2.24, 2.45) is 0 Å². The maximum Gasteiger partial charge on any atom is 0.252 e. The van der Waals surface area contributed by atoms with Crippen LogP contribution in [0, 0.1) is 0 Å². The first-order valence-corrected chi connectivity index (χ1v) is 10.8. The van der Waals surface area contributed by atoms with Gasteiger partial charge in [0.25, 0.3) is 5.91 Å². The fourth-order valence-corrected chi connectivity index (χ4v) is 4.10. The number of benzene rings is 2. The minimum atomic E-state index is -3.68. The third kappa shape index (κ3) is 6.65. The number of hydrogen-bond acceptors (Lipinski definition) is 3. The van der Waals surface area contributed by atoms with Crippen LogP contribution in [0.4, 0.5) is 0 Å². The number of hydrogen-bond donors (Lipinski definition) is 2. The fourth-order valence-electron chi connectivity index (χ4n) is 2.62. The Hall–Kier alpha value is -1.89. The van der Waals surface area contributed by atoms with Crippen LogP contribution >= 0.6 is 11.6 Å². The Morgan fingerprint density at radius 2 is 1.78 bits per heavy atom. The SMILES string of the molecule is CC(C)NS(=O)(=O)c1ccc(Cl)c(C(=O)NCCCCc2ccccc2)c1. The Morgan fingerprint density at radius 1 is 1.07 bits per heavy atom. The number of sulfonamides is 1. The zero-order valence-corrected chi connectivity index (χ0v) is 17.1. The molecule has 7 heteroatoms. The topological polar surface area (TPSA) is 75.3 Å². The molecule has 0 heterocycles. The molecule has 0 saturated heterocycles. The summed E-state index contributed by atoms with van der Waals surface area (Å²) in [5.41, 5.74) is 1.42. The highest BCUT2D eigenvalue weighted by Crippen LogP contribution is 2.21. The molecule has 27 heavy (non-hydrogen) atoms. The summed E-state index contributed by atoms with van der Waals surface area (Å²) in [4.78, 5) is 12.4. The Morgan fingerprint density at radius 3 is 2.44 bits per heavy atom. The number of aryl methyl sites for hydroxylation is 1. The van der Waals surface area contributed by atoms with Gasteiger partial charge in [0.1, 0.15) is 0 Å². The molecule has 0 spiro atoms. The molecular formula is C20H25ClN2O3S. The molecule has 2 aromatic carbocycles. The lowest BCUT2D eigenvalue weighted by Gasteiger charge is -2.12. The summed E-state index contributed by atoms with van der Waals surface area (Å²) >= 11 is 6.09. The van der Waals surface area contributed by atoms with Crippen molar-refractivity contribution in [2.75, 3.05) is 6.54 Å². The van der Waals surface area contributed by atoms with E-state index in [-0.39, 0.29) is 27.4 Å². The minimum absolute atomic E-state index is 0.0230. The van der Waals surface area contributed by atoms with E-state index in [0.29, 0.717) is 6.54 Å². The van der Waals surface area contributed by atoms with E-state index in [9.17, 15) is 13.2 Å². The van der Waals surface area contributed by atoms with Crippen LogP contribution in [0.3, 0.4) is 0 Å². The van der Waals surface area contributed by atoms with Crippen LogP contribution in [0.15, 0.2) is 53.4 Å². The fraction of sp³-hybridized carbons (Fsp3) is 0.350. The van der Waals surface area contributed by atoms with Crippen molar-refractivity contribution < 1.29 is 13.2 Å². The van der Waals surface area contributed by atoms with E-state index in [1.54, 1.807) is 13.8 Å². The summed E-state index contributed by atoms with van der Waals surface area (Å²) in [5.74, 6) is -0.374. The first-order chi connectivity index (χ1) is 12.8. The Bertz CT molecular complexity index is 868. The summed E-state index contributed by atoms with van der Waals surface area (Å²) in [7, 11) is -3.68. The zero-order valence-electron chi connectivity index (χ0n) is 15.5. The van der Waals surface area contributed by atoms with Crippen LogP contribution in [-0.2, 0) is 16.4 Å². The molecule has 0 radical (unpaired) electrons. The normalized spacial score (nSPS) is 11.6. The smallest absolute Gasteiger partial charge is 0.252 e. The summed E-state index contributed by atoms with van der Waals surface area (Å²) in [6, 6.07) is 14.1. The summed E-state index contributed by atoms with van der Waals surface area (Å²) in [6.45, 7) is 3.97. The van der Waals surface area contributed by atoms with Crippen molar-refractivity contribution in [2.45, 2.75) is 44.0 Å². The number of rotatable bonds is 9. The average molecular weight is 409 g/mol. The second kappa shape index (κ2) is 9.88. The molecule has 5 nitrogen and oxygen atoms in total. The van der Waals surface area contributed by atoms with E-state index < -0.39 is 10.0 Å². The van der Waals surface area contributed by atoms with E-state index in [0.717, 1.165) is 19.3 Å². The molecule has 0 fully saturated rings. The highest BCUT2D eigenvalue weighted by atomic mass is 35.5. The van der Waals surface area contributed by atoms with Gasteiger partial charge < -0.3 is 5.32 Å². The van der Waals surface area contributed by atoms with Crippen LogP contribution in [0.2, 0.25) is 5.02 Å². The molecule has 0 bridgehead atoms. The first kappa shape index (κ1) is 21.4. The largest absolute Gasteiger partial charge is 0.352 e. The number of amides is 1. The highest BCUT2D eigenvalue weighted by molar-refractivity contribution is 7.89. The van der Waals surface area contributed by atoms with Crippen molar-refractivity contribution >= 4 is 27.5 Å². The second-order valence-electron chi connectivity index (χ2n) is 6.62. The van der Waals surface area contributed by atoms with Crippen molar-refractivity contribution in [3.8, 4) is 0 Å². The van der Waals surface area contributed by atoms with Crippen molar-refractivity contribution in [3.05, 3.63) is 64.7 Å². The van der Waals surface area contributed by atoms with Gasteiger partial charge in [0.2, 0.25) is 10.0 Å². The average Bonchev–Trinajstić information content (AvgIpc) is 2.61. The number of nitrogens with one attached hydrogen (secondary N) is 2. The third-order valence-electron chi connectivity index (χ3n) is 3.90. The number of carbonyl (C=O) groups is 1. The van der Waals surface area contributed by atoms with E-state index in [2.05, 4.69) is 22.2 Å². The molecule has 2 aromatic rings. The first-order valence-electron chi connectivity index (χ1n) is 8.93. The van der Waals surface area contributed by atoms with Gasteiger partial charge in [0.05, 0.1) is 15.5 Å². The molecule has 0 aromatic heterocycles. The van der Waals surface area contributed by atoms with Crippen LogP contribution in [-0.4, -0.2) is 26.9 Å². The van der Waals surface area contributed by atoms with Gasteiger partial charge in [-0.2, -0.15) is 0 Å². The van der Waals surface area contributed by atoms with Gasteiger partial charge in [-0.05, 0) is 56.9 Å². The predicted molar refractivity (Wildman–Crippen MR) is 109 cm³/mol. The van der Waals surface area contributed by atoms with Gasteiger partial charge in [-0.1, -0.05) is 41.9 Å². The van der Waals surface area contributed by atoms with Crippen molar-refractivity contribution in [1.82, 2.24) is 10.0 Å². The Kier molecular flexibility index (Phi) is 7.83. The molecule has 0 unspecified atom stereocenters. The lowest BCUT2D eigenvalue weighted by Crippen LogP contribution is -2.31. The summed E-state index contributed by atoms with van der Waals surface area (Å²) in [6.07, 6.45) is 2.72. The summed E-state index contributed by atoms with van der Waals surface area (Å²) in [5, 5.41) is 3.03. The quantitative estimate of drug-likeness (QED) is 0.620. The van der Waals surface area contributed by atoms with Crippen LogP contribution < -0.4 is 10.0 Å². The van der Waals surface area contributed by atoms with Gasteiger partial charge in [0.15, 0.2) is 0 Å². The molecule has 0 aliphatic rings. The lowest BCUT2D eigenvalue weighted by atomic mass is 10.1. The Labute approximate surface area is 166 Å².